The monoisotopic (exact) mass is 274 g/mol. The lowest BCUT2D eigenvalue weighted by Crippen LogP contribution is -2.14. The van der Waals surface area contributed by atoms with E-state index in [-0.39, 0.29) is 4.90 Å². The summed E-state index contributed by atoms with van der Waals surface area (Å²) in [6, 6.07) is 16.6. The molecular formula is C15H16NO2S. The van der Waals surface area contributed by atoms with E-state index in [1.165, 1.54) is 0 Å². The molecule has 2 rings (SSSR count). The first kappa shape index (κ1) is 13.6. The molecule has 0 aliphatic rings. The molecule has 1 N–H and O–H groups in total. The van der Waals surface area contributed by atoms with E-state index in [9.17, 15) is 8.42 Å². The summed E-state index contributed by atoms with van der Waals surface area (Å²) >= 11 is 0. The number of hydrogen-bond donors (Lipinski definition) is 1. The molecule has 0 spiro atoms. The van der Waals surface area contributed by atoms with Gasteiger partial charge in [0.2, 0.25) is 0 Å². The second-order valence-corrected chi connectivity index (χ2v) is 5.93. The van der Waals surface area contributed by atoms with Crippen LogP contribution < -0.4 is 4.72 Å². The number of sulfonamides is 1. The first-order valence-corrected chi connectivity index (χ1v) is 7.68. The van der Waals surface area contributed by atoms with Crippen molar-refractivity contribution in [2.24, 2.45) is 0 Å². The van der Waals surface area contributed by atoms with Crippen LogP contribution in [-0.4, -0.2) is 8.42 Å². The molecule has 0 unspecified atom stereocenters. The summed E-state index contributed by atoms with van der Waals surface area (Å²) in [5.74, 6) is 0. The molecule has 4 heteroatoms. The van der Waals surface area contributed by atoms with E-state index >= 15 is 0 Å². The summed E-state index contributed by atoms with van der Waals surface area (Å²) in [6.07, 6.45) is 1.80. The maximum Gasteiger partial charge on any atom is 0.261 e. The summed E-state index contributed by atoms with van der Waals surface area (Å²) in [5, 5.41) is 0. The molecule has 0 heterocycles. The van der Waals surface area contributed by atoms with Crippen LogP contribution in [0, 0.1) is 6.07 Å². The zero-order valence-corrected chi connectivity index (χ0v) is 11.6. The normalized spacial score (nSPS) is 11.2. The Morgan fingerprint density at radius 2 is 1.89 bits per heavy atom. The quantitative estimate of drug-likeness (QED) is 0.909. The molecule has 0 aliphatic heterocycles. The highest BCUT2D eigenvalue weighted by Crippen LogP contribution is 2.20. The second-order valence-electron chi connectivity index (χ2n) is 4.25. The van der Waals surface area contributed by atoms with Crippen molar-refractivity contribution >= 4 is 15.7 Å². The number of rotatable bonds is 5. The predicted molar refractivity (Wildman–Crippen MR) is 76.5 cm³/mol. The Balaban J connectivity index is 2.31. The highest BCUT2D eigenvalue weighted by molar-refractivity contribution is 7.92. The maximum atomic E-state index is 12.2. The van der Waals surface area contributed by atoms with E-state index in [1.54, 1.807) is 42.5 Å². The fourth-order valence-electron chi connectivity index (χ4n) is 1.85. The first-order valence-electron chi connectivity index (χ1n) is 6.20. The van der Waals surface area contributed by atoms with Gasteiger partial charge in [-0.25, -0.2) is 8.42 Å². The van der Waals surface area contributed by atoms with Crippen molar-refractivity contribution in [2.45, 2.75) is 24.7 Å². The third-order valence-electron chi connectivity index (χ3n) is 2.77. The Labute approximate surface area is 114 Å². The van der Waals surface area contributed by atoms with Crippen molar-refractivity contribution in [1.29, 1.82) is 0 Å². The zero-order valence-electron chi connectivity index (χ0n) is 10.8. The molecule has 19 heavy (non-hydrogen) atoms. The standard InChI is InChI=1S/C15H16NO2S/c1-2-8-13-9-6-7-12-15(13)16-19(17,18)14-10-4-3-5-11-14/h3-6,9-12,16H,2,8H2,1H3. The topological polar surface area (TPSA) is 46.2 Å². The van der Waals surface area contributed by atoms with E-state index in [0.29, 0.717) is 5.69 Å². The van der Waals surface area contributed by atoms with Gasteiger partial charge in [0.15, 0.2) is 0 Å². The molecule has 0 saturated heterocycles. The largest absolute Gasteiger partial charge is 0.279 e. The smallest absolute Gasteiger partial charge is 0.261 e. The van der Waals surface area contributed by atoms with Gasteiger partial charge in [-0.3, -0.25) is 4.72 Å². The Hall–Kier alpha value is -1.81. The summed E-state index contributed by atoms with van der Waals surface area (Å²) < 4.78 is 27.1. The van der Waals surface area contributed by atoms with Crippen LogP contribution in [0.2, 0.25) is 0 Å². The Morgan fingerprint density at radius 3 is 2.58 bits per heavy atom. The van der Waals surface area contributed by atoms with E-state index < -0.39 is 10.0 Å². The minimum absolute atomic E-state index is 0.265. The molecule has 2 aromatic rings. The molecule has 0 fully saturated rings. The van der Waals surface area contributed by atoms with Crippen LogP contribution in [0.5, 0.6) is 0 Å². The molecule has 3 nitrogen and oxygen atoms in total. The average molecular weight is 274 g/mol. The zero-order chi connectivity index (χ0) is 13.7. The summed E-state index contributed by atoms with van der Waals surface area (Å²) in [7, 11) is -3.52. The van der Waals surface area contributed by atoms with Crippen molar-refractivity contribution in [3.8, 4) is 0 Å². The molecule has 0 atom stereocenters. The summed E-state index contributed by atoms with van der Waals surface area (Å²) in [5.41, 5.74) is 1.59. The van der Waals surface area contributed by atoms with Gasteiger partial charge in [-0.1, -0.05) is 43.7 Å². The van der Waals surface area contributed by atoms with Gasteiger partial charge in [0.25, 0.3) is 10.0 Å². The highest BCUT2D eigenvalue weighted by Gasteiger charge is 2.14. The van der Waals surface area contributed by atoms with Gasteiger partial charge in [-0.2, -0.15) is 0 Å². The third kappa shape index (κ3) is 3.35. The van der Waals surface area contributed by atoms with E-state index in [4.69, 9.17) is 0 Å². The highest BCUT2D eigenvalue weighted by atomic mass is 32.2. The molecule has 0 aromatic heterocycles. The van der Waals surface area contributed by atoms with Crippen molar-refractivity contribution in [2.75, 3.05) is 4.72 Å². The molecule has 0 bridgehead atoms. The van der Waals surface area contributed by atoms with Gasteiger partial charge >= 0.3 is 0 Å². The third-order valence-corrected chi connectivity index (χ3v) is 4.15. The number of aryl methyl sites for hydroxylation is 1. The maximum absolute atomic E-state index is 12.2. The van der Waals surface area contributed by atoms with Crippen LogP contribution in [0.1, 0.15) is 18.9 Å². The molecule has 99 valence electrons. The lowest BCUT2D eigenvalue weighted by atomic mass is 10.1. The number of anilines is 1. The Bertz CT molecular complexity index is 636. The minimum Gasteiger partial charge on any atom is -0.279 e. The second kappa shape index (κ2) is 5.89. The lowest BCUT2D eigenvalue weighted by Gasteiger charge is -2.11. The van der Waals surface area contributed by atoms with E-state index in [1.807, 2.05) is 6.07 Å². The van der Waals surface area contributed by atoms with Crippen LogP contribution in [0.25, 0.3) is 0 Å². The molecule has 2 aromatic carbocycles. The lowest BCUT2D eigenvalue weighted by molar-refractivity contribution is 0.601. The predicted octanol–water partition coefficient (Wildman–Crippen LogP) is 3.24. The number of benzene rings is 2. The molecule has 0 amide bonds. The Morgan fingerprint density at radius 1 is 1.16 bits per heavy atom. The van der Waals surface area contributed by atoms with E-state index in [0.717, 1.165) is 18.4 Å². The van der Waals surface area contributed by atoms with Crippen molar-refractivity contribution in [3.05, 3.63) is 60.2 Å². The summed E-state index contributed by atoms with van der Waals surface area (Å²) in [4.78, 5) is 0.265. The molecular weight excluding hydrogens is 258 g/mol. The fraction of sp³-hybridized carbons (Fsp3) is 0.200. The summed E-state index contributed by atoms with van der Waals surface area (Å²) in [6.45, 7) is 2.06. The number of nitrogens with one attached hydrogen (secondary N) is 1. The number of hydrogen-bond acceptors (Lipinski definition) is 2. The van der Waals surface area contributed by atoms with Crippen LogP contribution in [-0.2, 0) is 16.4 Å². The van der Waals surface area contributed by atoms with Crippen molar-refractivity contribution in [3.63, 3.8) is 0 Å². The van der Waals surface area contributed by atoms with Crippen LogP contribution >= 0.6 is 0 Å². The SMILES string of the molecule is CCCc1cc[c]cc1NS(=O)(=O)c1ccccc1. The Kier molecular flexibility index (Phi) is 4.22. The van der Waals surface area contributed by atoms with Gasteiger partial charge in [-0.05, 0) is 36.2 Å². The van der Waals surface area contributed by atoms with Gasteiger partial charge < -0.3 is 0 Å². The molecule has 0 saturated carbocycles. The van der Waals surface area contributed by atoms with Gasteiger partial charge in [0.1, 0.15) is 0 Å². The average Bonchev–Trinajstić information content (AvgIpc) is 2.42. The minimum atomic E-state index is -3.52. The van der Waals surface area contributed by atoms with Gasteiger partial charge in [-0.15, -0.1) is 0 Å². The van der Waals surface area contributed by atoms with Crippen LogP contribution in [0.4, 0.5) is 5.69 Å². The molecule has 1 radical (unpaired) electrons. The van der Waals surface area contributed by atoms with Crippen molar-refractivity contribution in [1.82, 2.24) is 0 Å². The van der Waals surface area contributed by atoms with Gasteiger partial charge in [0.05, 0.1) is 10.6 Å². The van der Waals surface area contributed by atoms with Crippen molar-refractivity contribution < 1.29 is 8.42 Å². The van der Waals surface area contributed by atoms with Crippen LogP contribution in [0.3, 0.4) is 0 Å². The van der Waals surface area contributed by atoms with Crippen LogP contribution in [0.15, 0.2) is 53.4 Å². The van der Waals surface area contributed by atoms with Gasteiger partial charge in [0, 0.05) is 0 Å². The molecule has 0 aliphatic carbocycles. The fourth-order valence-corrected chi connectivity index (χ4v) is 2.96. The van der Waals surface area contributed by atoms with E-state index in [2.05, 4.69) is 17.7 Å². The first-order chi connectivity index (χ1) is 9.13.